The number of halogens is 2. The van der Waals surface area contributed by atoms with Crippen LogP contribution in [0.5, 0.6) is 0 Å². The highest BCUT2D eigenvalue weighted by Gasteiger charge is 2.25. The van der Waals surface area contributed by atoms with Gasteiger partial charge in [0.1, 0.15) is 0 Å². The van der Waals surface area contributed by atoms with Gasteiger partial charge in [0.05, 0.1) is 11.4 Å². The summed E-state index contributed by atoms with van der Waals surface area (Å²) in [5.74, 6) is -0.372. The van der Waals surface area contributed by atoms with Crippen molar-refractivity contribution in [3.63, 3.8) is 0 Å². The number of hydrogen-bond donors (Lipinski definition) is 2. The molecule has 0 unspecified atom stereocenters. The summed E-state index contributed by atoms with van der Waals surface area (Å²) in [5, 5.41) is 7.14. The van der Waals surface area contributed by atoms with Crippen molar-refractivity contribution in [2.24, 2.45) is 0 Å². The summed E-state index contributed by atoms with van der Waals surface area (Å²) in [6, 6.07) is 17.8. The van der Waals surface area contributed by atoms with Gasteiger partial charge in [-0.05, 0) is 73.0 Å². The van der Waals surface area contributed by atoms with Crippen LogP contribution in [0.2, 0.25) is 10.0 Å². The Labute approximate surface area is 256 Å². The van der Waals surface area contributed by atoms with Gasteiger partial charge in [-0.25, -0.2) is 0 Å². The average molecular weight is 609 g/mol. The van der Waals surface area contributed by atoms with Crippen molar-refractivity contribution in [2.45, 2.75) is 19.8 Å². The van der Waals surface area contributed by atoms with Gasteiger partial charge < -0.3 is 25.3 Å². The van der Waals surface area contributed by atoms with Crippen LogP contribution in [0.25, 0.3) is 0 Å². The lowest BCUT2D eigenvalue weighted by Crippen LogP contribution is -2.49. The maximum Gasteiger partial charge on any atom is 0.255 e. The minimum absolute atomic E-state index is 0.178. The van der Waals surface area contributed by atoms with Gasteiger partial charge in [0, 0.05) is 80.0 Å². The minimum Gasteiger partial charge on any atom is -0.366 e. The molecular formula is C32H35Cl2N5O3. The number of amides is 3. The van der Waals surface area contributed by atoms with Crippen LogP contribution >= 0.6 is 23.2 Å². The van der Waals surface area contributed by atoms with Crippen molar-refractivity contribution in [3.8, 4) is 0 Å². The molecule has 0 aromatic heterocycles. The van der Waals surface area contributed by atoms with Crippen LogP contribution in [0.3, 0.4) is 0 Å². The van der Waals surface area contributed by atoms with Gasteiger partial charge in [0.15, 0.2) is 0 Å². The summed E-state index contributed by atoms with van der Waals surface area (Å²) in [6.07, 6.45) is 1.22. The van der Waals surface area contributed by atoms with E-state index in [-0.39, 0.29) is 17.7 Å². The van der Waals surface area contributed by atoms with E-state index >= 15 is 0 Å². The number of carbonyl (C=O) groups excluding carboxylic acids is 3. The van der Waals surface area contributed by atoms with E-state index in [4.69, 9.17) is 23.2 Å². The molecule has 0 radical (unpaired) electrons. The summed E-state index contributed by atoms with van der Waals surface area (Å²) in [7, 11) is 0. The first-order valence-corrected chi connectivity index (χ1v) is 15.0. The number of hydrogen-bond acceptors (Lipinski definition) is 5. The van der Waals surface area contributed by atoms with Crippen molar-refractivity contribution in [3.05, 3.63) is 93.0 Å². The van der Waals surface area contributed by atoms with Crippen molar-refractivity contribution < 1.29 is 14.4 Å². The second kappa shape index (κ2) is 13.6. The SMILES string of the molecule is Cc1cc(Cl)ccc1CCNC(=O)c1ccc(N2CCN(C(=O)CCN3CC3)CC2)c(NC(=O)c2cccc(Cl)c2)c1. The predicted octanol–water partition coefficient (Wildman–Crippen LogP) is 4.88. The molecule has 3 aromatic carbocycles. The number of carbonyl (C=O) groups is 3. The smallest absolute Gasteiger partial charge is 0.255 e. The van der Waals surface area contributed by atoms with Gasteiger partial charge in [0.25, 0.3) is 11.8 Å². The zero-order valence-electron chi connectivity index (χ0n) is 23.7. The minimum atomic E-state index is -0.321. The monoisotopic (exact) mass is 607 g/mol. The fraction of sp³-hybridized carbons (Fsp3) is 0.344. The molecule has 2 aliphatic rings. The van der Waals surface area contributed by atoms with Crippen LogP contribution in [0.1, 0.15) is 38.3 Å². The number of nitrogens with one attached hydrogen (secondary N) is 2. The molecule has 2 N–H and O–H groups in total. The molecule has 2 heterocycles. The zero-order valence-corrected chi connectivity index (χ0v) is 25.2. The van der Waals surface area contributed by atoms with Gasteiger partial charge in [-0.3, -0.25) is 14.4 Å². The van der Waals surface area contributed by atoms with E-state index in [1.807, 2.05) is 36.1 Å². The second-order valence-corrected chi connectivity index (χ2v) is 11.6. The lowest BCUT2D eigenvalue weighted by Gasteiger charge is -2.37. The van der Waals surface area contributed by atoms with Gasteiger partial charge in [0.2, 0.25) is 5.91 Å². The fourth-order valence-electron chi connectivity index (χ4n) is 5.13. The maximum atomic E-state index is 13.2. The Morgan fingerprint density at radius 1 is 0.810 bits per heavy atom. The first-order valence-electron chi connectivity index (χ1n) is 14.3. The number of aryl methyl sites for hydroxylation is 1. The fourth-order valence-corrected chi connectivity index (χ4v) is 5.55. The molecule has 0 aliphatic carbocycles. The van der Waals surface area contributed by atoms with E-state index in [0.29, 0.717) is 72.4 Å². The van der Waals surface area contributed by atoms with Crippen molar-refractivity contribution in [2.75, 3.05) is 62.6 Å². The summed E-state index contributed by atoms with van der Waals surface area (Å²) < 4.78 is 0. The number of piperazine rings is 1. The topological polar surface area (TPSA) is 84.8 Å². The summed E-state index contributed by atoms with van der Waals surface area (Å²) in [4.78, 5) is 45.3. The normalized spacial score (nSPS) is 14.9. The van der Waals surface area contributed by atoms with E-state index in [1.54, 1.807) is 36.4 Å². The maximum absolute atomic E-state index is 13.2. The zero-order chi connectivity index (χ0) is 29.6. The van der Waals surface area contributed by atoms with Crippen LogP contribution in [0.4, 0.5) is 11.4 Å². The Morgan fingerprint density at radius 3 is 2.26 bits per heavy atom. The third-order valence-electron chi connectivity index (χ3n) is 7.73. The van der Waals surface area contributed by atoms with Gasteiger partial charge >= 0.3 is 0 Å². The number of benzene rings is 3. The molecule has 220 valence electrons. The molecule has 2 saturated heterocycles. The molecule has 2 aliphatic heterocycles. The van der Waals surface area contributed by atoms with Crippen LogP contribution in [0, 0.1) is 6.92 Å². The number of anilines is 2. The molecule has 0 spiro atoms. The Kier molecular flexibility index (Phi) is 9.67. The molecule has 42 heavy (non-hydrogen) atoms. The Bertz CT molecular complexity index is 1470. The van der Waals surface area contributed by atoms with Gasteiger partial charge in [-0.2, -0.15) is 0 Å². The number of rotatable bonds is 10. The molecule has 10 heteroatoms. The Balaban J connectivity index is 1.28. The van der Waals surface area contributed by atoms with Crippen LogP contribution in [0.15, 0.2) is 60.7 Å². The molecular weight excluding hydrogens is 573 g/mol. The van der Waals surface area contributed by atoms with Crippen LogP contribution < -0.4 is 15.5 Å². The molecule has 3 aromatic rings. The van der Waals surface area contributed by atoms with Crippen molar-refractivity contribution >= 4 is 52.3 Å². The highest BCUT2D eigenvalue weighted by molar-refractivity contribution is 6.31. The van der Waals surface area contributed by atoms with Crippen molar-refractivity contribution in [1.29, 1.82) is 0 Å². The Hall–Kier alpha value is -3.59. The molecule has 3 amide bonds. The van der Waals surface area contributed by atoms with E-state index in [2.05, 4.69) is 20.4 Å². The molecule has 5 rings (SSSR count). The van der Waals surface area contributed by atoms with E-state index in [1.165, 1.54) is 0 Å². The molecule has 0 saturated carbocycles. The second-order valence-electron chi connectivity index (χ2n) is 10.7. The van der Waals surface area contributed by atoms with Gasteiger partial charge in [-0.1, -0.05) is 35.3 Å². The predicted molar refractivity (Wildman–Crippen MR) is 168 cm³/mol. The summed E-state index contributed by atoms with van der Waals surface area (Å²) in [6.45, 7) is 7.91. The van der Waals surface area contributed by atoms with Crippen molar-refractivity contribution in [1.82, 2.24) is 15.1 Å². The molecule has 0 atom stereocenters. The van der Waals surface area contributed by atoms with Crippen LogP contribution in [-0.2, 0) is 11.2 Å². The third-order valence-corrected chi connectivity index (χ3v) is 8.20. The number of nitrogens with zero attached hydrogens (tertiary/aromatic N) is 3. The average Bonchev–Trinajstić information content (AvgIpc) is 3.82. The largest absolute Gasteiger partial charge is 0.366 e. The molecule has 0 bridgehead atoms. The first kappa shape index (κ1) is 29.9. The highest BCUT2D eigenvalue weighted by Crippen LogP contribution is 2.29. The van der Waals surface area contributed by atoms with E-state index in [9.17, 15) is 14.4 Å². The van der Waals surface area contributed by atoms with Crippen LogP contribution in [-0.4, -0.2) is 79.9 Å². The first-order chi connectivity index (χ1) is 20.3. The summed E-state index contributed by atoms with van der Waals surface area (Å²) >= 11 is 12.2. The van der Waals surface area contributed by atoms with E-state index < -0.39 is 0 Å². The quantitative estimate of drug-likeness (QED) is 0.321. The molecule has 8 nitrogen and oxygen atoms in total. The lowest BCUT2D eigenvalue weighted by molar-refractivity contribution is -0.131. The Morgan fingerprint density at radius 2 is 1.55 bits per heavy atom. The third kappa shape index (κ3) is 7.82. The van der Waals surface area contributed by atoms with E-state index in [0.717, 1.165) is 36.4 Å². The standard InChI is InChI=1S/C32H35Cl2N5O3/c1-22-19-27(34)7-5-23(22)9-11-35-31(41)25-6-8-29(28(21-25)36-32(42)24-3-2-4-26(33)20-24)38-15-17-39(18-16-38)30(40)10-12-37-13-14-37/h2-8,19-21H,9-18H2,1H3,(H,35,41)(H,36,42). The highest BCUT2D eigenvalue weighted by atomic mass is 35.5. The lowest BCUT2D eigenvalue weighted by atomic mass is 10.1. The van der Waals surface area contributed by atoms with Gasteiger partial charge in [-0.15, -0.1) is 0 Å². The molecule has 2 fully saturated rings. The summed E-state index contributed by atoms with van der Waals surface area (Å²) in [5.41, 5.74) is 4.39.